The van der Waals surface area contributed by atoms with Crippen molar-refractivity contribution >= 4 is 21.6 Å². The molecule has 0 aliphatic heterocycles. The van der Waals surface area contributed by atoms with Crippen molar-refractivity contribution in [2.75, 3.05) is 11.9 Å². The number of unbranched alkanes of at least 4 members (excludes halogenated alkanes) is 2. The van der Waals surface area contributed by atoms with Crippen molar-refractivity contribution in [1.82, 2.24) is 14.9 Å². The maximum atomic E-state index is 12.2. The average molecular weight is 468 g/mol. The predicted molar refractivity (Wildman–Crippen MR) is 128 cm³/mol. The number of sulfonamides is 1. The van der Waals surface area contributed by atoms with Gasteiger partial charge in [0.1, 0.15) is 0 Å². The van der Waals surface area contributed by atoms with Gasteiger partial charge in [-0.05, 0) is 67.9 Å². The van der Waals surface area contributed by atoms with Gasteiger partial charge < -0.3 is 5.32 Å². The topological polar surface area (TPSA) is 118 Å². The Morgan fingerprint density at radius 1 is 0.848 bits per heavy atom. The number of primary sulfonamides is 1. The van der Waals surface area contributed by atoms with Crippen molar-refractivity contribution in [2.45, 2.75) is 43.7 Å². The van der Waals surface area contributed by atoms with Crippen LogP contribution in [0, 0.1) is 0 Å². The van der Waals surface area contributed by atoms with Gasteiger partial charge in [-0.15, -0.1) is 0 Å². The summed E-state index contributed by atoms with van der Waals surface area (Å²) in [4.78, 5) is 23.4. The van der Waals surface area contributed by atoms with Crippen LogP contribution in [-0.2, 0) is 27.9 Å². The third kappa shape index (κ3) is 8.72. The highest BCUT2D eigenvalue weighted by Gasteiger charge is 2.10. The van der Waals surface area contributed by atoms with Gasteiger partial charge >= 0.3 is 0 Å². The summed E-state index contributed by atoms with van der Waals surface area (Å²) in [5, 5.41) is 7.87. The molecular weight excluding hydrogens is 438 g/mol. The fraction of sp³-hybridized carbons (Fsp3) is 0.292. The highest BCUT2D eigenvalue weighted by atomic mass is 32.2. The Bertz CT molecular complexity index is 1070. The minimum atomic E-state index is -3.74. The molecule has 174 valence electrons. The third-order valence-electron chi connectivity index (χ3n) is 5.07. The molecule has 0 bridgehead atoms. The lowest BCUT2D eigenvalue weighted by molar-refractivity contribution is -0.116. The van der Waals surface area contributed by atoms with Crippen LogP contribution in [-0.4, -0.2) is 35.7 Å². The minimum Gasteiger partial charge on any atom is -0.326 e. The van der Waals surface area contributed by atoms with Crippen LogP contribution in [0.4, 0.5) is 5.69 Å². The van der Waals surface area contributed by atoms with Gasteiger partial charge in [0.05, 0.1) is 16.3 Å². The molecule has 1 aromatic carbocycles. The zero-order chi connectivity index (χ0) is 23.5. The lowest BCUT2D eigenvalue weighted by Crippen LogP contribution is -2.25. The summed E-state index contributed by atoms with van der Waals surface area (Å²) in [7, 11) is -3.74. The molecule has 2 heterocycles. The number of hydrogen-bond donors (Lipinski definition) is 2. The van der Waals surface area contributed by atoms with Crippen LogP contribution in [0.1, 0.15) is 37.1 Å². The first-order chi connectivity index (χ1) is 15.9. The molecule has 3 N–H and O–H groups in total. The summed E-state index contributed by atoms with van der Waals surface area (Å²) in [5.74, 6) is -0.0998. The van der Waals surface area contributed by atoms with E-state index < -0.39 is 10.0 Å². The molecule has 0 fully saturated rings. The molecule has 0 atom stereocenters. The Kier molecular flexibility index (Phi) is 9.05. The number of nitrogens with zero attached hydrogens (tertiary/aromatic N) is 3. The highest BCUT2D eigenvalue weighted by Crippen LogP contribution is 2.14. The van der Waals surface area contributed by atoms with Gasteiger partial charge in [0.2, 0.25) is 15.9 Å². The Balaban J connectivity index is 1.42. The van der Waals surface area contributed by atoms with Crippen molar-refractivity contribution in [2.24, 2.45) is 5.14 Å². The molecule has 0 aliphatic carbocycles. The minimum absolute atomic E-state index is 0.0152. The molecule has 1 amide bonds. The van der Waals surface area contributed by atoms with E-state index in [2.05, 4.69) is 20.2 Å². The SMILES string of the molecule is NS(=O)(=O)c1ccc(NC(=O)CCCCCN(Cc2ccccn2)Cc2ccccn2)cc1. The fourth-order valence-electron chi connectivity index (χ4n) is 3.40. The molecule has 33 heavy (non-hydrogen) atoms. The summed E-state index contributed by atoms with van der Waals surface area (Å²) in [6.45, 7) is 2.36. The van der Waals surface area contributed by atoms with Crippen LogP contribution in [0.25, 0.3) is 0 Å². The molecular formula is C24H29N5O3S. The number of rotatable bonds is 12. The molecule has 3 rings (SSSR count). The first-order valence-electron chi connectivity index (χ1n) is 10.8. The van der Waals surface area contributed by atoms with Crippen LogP contribution in [0.2, 0.25) is 0 Å². The van der Waals surface area contributed by atoms with E-state index in [-0.39, 0.29) is 10.8 Å². The van der Waals surface area contributed by atoms with E-state index in [0.717, 1.165) is 50.3 Å². The molecule has 8 nitrogen and oxygen atoms in total. The second kappa shape index (κ2) is 12.2. The van der Waals surface area contributed by atoms with Crippen LogP contribution in [0.3, 0.4) is 0 Å². The molecule has 3 aromatic rings. The summed E-state index contributed by atoms with van der Waals surface area (Å²) >= 11 is 0. The van der Waals surface area contributed by atoms with E-state index in [9.17, 15) is 13.2 Å². The van der Waals surface area contributed by atoms with Crippen molar-refractivity contribution in [3.05, 3.63) is 84.4 Å². The van der Waals surface area contributed by atoms with Crippen molar-refractivity contribution < 1.29 is 13.2 Å². The zero-order valence-corrected chi connectivity index (χ0v) is 19.2. The van der Waals surface area contributed by atoms with Crippen LogP contribution in [0.15, 0.2) is 78.0 Å². The molecule has 0 saturated heterocycles. The number of nitrogens with one attached hydrogen (secondary N) is 1. The van der Waals surface area contributed by atoms with E-state index in [1.54, 1.807) is 12.4 Å². The van der Waals surface area contributed by atoms with Crippen LogP contribution in [0.5, 0.6) is 0 Å². The average Bonchev–Trinajstić information content (AvgIpc) is 2.80. The monoisotopic (exact) mass is 467 g/mol. The van der Waals surface area contributed by atoms with Crippen LogP contribution >= 0.6 is 0 Å². The Morgan fingerprint density at radius 3 is 1.97 bits per heavy atom. The molecule has 0 radical (unpaired) electrons. The second-order valence-electron chi connectivity index (χ2n) is 7.78. The number of carbonyl (C=O) groups excluding carboxylic acids is 1. The largest absolute Gasteiger partial charge is 0.326 e. The van der Waals surface area contributed by atoms with Gasteiger partial charge in [0.25, 0.3) is 0 Å². The predicted octanol–water partition coefficient (Wildman–Crippen LogP) is 3.33. The lowest BCUT2D eigenvalue weighted by Gasteiger charge is -2.21. The van der Waals surface area contributed by atoms with E-state index in [4.69, 9.17) is 5.14 Å². The van der Waals surface area contributed by atoms with Gasteiger partial charge in [-0.2, -0.15) is 0 Å². The second-order valence-corrected chi connectivity index (χ2v) is 9.34. The molecule has 0 unspecified atom stereocenters. The van der Waals surface area contributed by atoms with Gasteiger partial charge in [-0.25, -0.2) is 13.6 Å². The van der Waals surface area contributed by atoms with Gasteiger partial charge in [0, 0.05) is 37.6 Å². The number of amides is 1. The van der Waals surface area contributed by atoms with Crippen LogP contribution < -0.4 is 10.5 Å². The number of aromatic nitrogens is 2. The zero-order valence-electron chi connectivity index (χ0n) is 18.4. The summed E-state index contributed by atoms with van der Waals surface area (Å²) in [6, 6.07) is 17.7. The van der Waals surface area contributed by atoms with Gasteiger partial charge in [-0.1, -0.05) is 18.6 Å². The molecule has 0 saturated carbocycles. The molecule has 0 aliphatic rings. The number of nitrogens with two attached hydrogens (primary N) is 1. The highest BCUT2D eigenvalue weighted by molar-refractivity contribution is 7.89. The normalized spacial score (nSPS) is 11.5. The molecule has 0 spiro atoms. The van der Waals surface area contributed by atoms with E-state index in [0.29, 0.717) is 12.1 Å². The van der Waals surface area contributed by atoms with E-state index >= 15 is 0 Å². The lowest BCUT2D eigenvalue weighted by atomic mass is 10.1. The Morgan fingerprint density at radius 2 is 1.45 bits per heavy atom. The Labute approximate surface area is 194 Å². The third-order valence-corrected chi connectivity index (χ3v) is 6.00. The first kappa shape index (κ1) is 24.5. The summed E-state index contributed by atoms with van der Waals surface area (Å²) in [5.41, 5.74) is 2.58. The Hall–Kier alpha value is -3.14. The van der Waals surface area contributed by atoms with Gasteiger partial charge in [0.15, 0.2) is 0 Å². The number of carbonyl (C=O) groups is 1. The fourth-order valence-corrected chi connectivity index (χ4v) is 3.92. The van der Waals surface area contributed by atoms with E-state index in [1.165, 1.54) is 24.3 Å². The summed E-state index contributed by atoms with van der Waals surface area (Å²) in [6.07, 6.45) is 6.64. The first-order valence-corrected chi connectivity index (χ1v) is 12.4. The number of hydrogen-bond acceptors (Lipinski definition) is 6. The van der Waals surface area contributed by atoms with Gasteiger partial charge in [-0.3, -0.25) is 19.7 Å². The smallest absolute Gasteiger partial charge is 0.238 e. The van der Waals surface area contributed by atoms with Crippen molar-refractivity contribution in [3.63, 3.8) is 0 Å². The molecule has 2 aromatic heterocycles. The summed E-state index contributed by atoms with van der Waals surface area (Å²) < 4.78 is 22.6. The van der Waals surface area contributed by atoms with Crippen molar-refractivity contribution in [1.29, 1.82) is 0 Å². The maximum Gasteiger partial charge on any atom is 0.238 e. The standard InChI is InChI=1S/C24H29N5O3S/c25-33(31,32)23-13-11-20(12-14-23)28-24(30)10-2-1-7-17-29(18-21-8-3-5-15-26-21)19-22-9-4-6-16-27-22/h3-6,8-9,11-16H,1-2,7,10,17-19H2,(H,28,30)(H2,25,31,32). The van der Waals surface area contributed by atoms with Crippen molar-refractivity contribution in [3.8, 4) is 0 Å². The number of anilines is 1. The maximum absolute atomic E-state index is 12.2. The quantitative estimate of drug-likeness (QED) is 0.395. The van der Waals surface area contributed by atoms with E-state index in [1.807, 2.05) is 36.4 Å². The number of benzene rings is 1. The number of pyridine rings is 2. The molecule has 9 heteroatoms.